The van der Waals surface area contributed by atoms with Crippen LogP contribution in [0.5, 0.6) is 0 Å². The van der Waals surface area contributed by atoms with Gasteiger partial charge in [0.05, 0.1) is 0 Å². The number of hydrogen-bond acceptors (Lipinski definition) is 3. The molecule has 4 nitrogen and oxygen atoms in total. The third kappa shape index (κ3) is 2.46. The summed E-state index contributed by atoms with van der Waals surface area (Å²) < 4.78 is 13.2. The first kappa shape index (κ1) is 12.8. The molecule has 1 fully saturated rings. The molecule has 1 heterocycles. The van der Waals surface area contributed by atoms with E-state index in [-0.39, 0.29) is 11.7 Å². The molecule has 1 unspecified atom stereocenters. The highest BCUT2D eigenvalue weighted by Crippen LogP contribution is 2.23. The van der Waals surface area contributed by atoms with Crippen molar-refractivity contribution in [3.63, 3.8) is 0 Å². The average molecular weight is 250 g/mol. The van der Waals surface area contributed by atoms with Gasteiger partial charge in [-0.1, -0.05) is 0 Å². The number of hydrogen-bond donors (Lipinski definition) is 2. The fourth-order valence-electron chi connectivity index (χ4n) is 2.27. The molecule has 3 N–H and O–H groups in total. The Morgan fingerprint density at radius 1 is 1.44 bits per heavy atom. The molecule has 5 heteroatoms. The van der Waals surface area contributed by atoms with E-state index in [9.17, 15) is 4.39 Å². The zero-order valence-corrected chi connectivity index (χ0v) is 10.8. The Morgan fingerprint density at radius 3 is 2.78 bits per heavy atom. The summed E-state index contributed by atoms with van der Waals surface area (Å²) in [5, 5.41) is 7.56. The Bertz CT molecular complexity index is 460. The van der Waals surface area contributed by atoms with E-state index < -0.39 is 0 Å². The molecule has 0 radical (unpaired) electrons. The molecule has 1 aromatic carbocycles. The van der Waals surface area contributed by atoms with Crippen LogP contribution in [0.2, 0.25) is 0 Å². The van der Waals surface area contributed by atoms with E-state index in [1.807, 2.05) is 0 Å². The maximum absolute atomic E-state index is 13.2. The fourth-order valence-corrected chi connectivity index (χ4v) is 2.27. The minimum absolute atomic E-state index is 0.0870. The summed E-state index contributed by atoms with van der Waals surface area (Å²) >= 11 is 0. The van der Waals surface area contributed by atoms with Crippen molar-refractivity contribution in [1.29, 1.82) is 5.41 Å². The fraction of sp³-hybridized carbons (Fsp3) is 0.462. The van der Waals surface area contributed by atoms with Crippen LogP contribution in [0.3, 0.4) is 0 Å². The lowest BCUT2D eigenvalue weighted by Crippen LogP contribution is -2.50. The molecule has 0 saturated carbocycles. The van der Waals surface area contributed by atoms with Crippen LogP contribution in [-0.2, 0) is 0 Å². The summed E-state index contributed by atoms with van der Waals surface area (Å²) in [5.74, 6) is -0.442. The molecule has 1 atom stereocenters. The van der Waals surface area contributed by atoms with Gasteiger partial charge in [0.2, 0.25) is 0 Å². The van der Waals surface area contributed by atoms with Gasteiger partial charge < -0.3 is 15.5 Å². The number of nitrogens with two attached hydrogens (primary N) is 1. The SMILES string of the molecule is CC1CN(c2ccc(F)cc2C(=N)N)CCN1C. The lowest BCUT2D eigenvalue weighted by atomic mass is 10.1. The number of nitrogens with one attached hydrogen (secondary N) is 1. The predicted molar refractivity (Wildman–Crippen MR) is 71.7 cm³/mol. The average Bonchev–Trinajstić information content (AvgIpc) is 2.32. The monoisotopic (exact) mass is 250 g/mol. The summed E-state index contributed by atoms with van der Waals surface area (Å²) in [6.07, 6.45) is 0. The predicted octanol–water partition coefficient (Wildman–Crippen LogP) is 1.25. The number of benzene rings is 1. The van der Waals surface area contributed by atoms with Crippen molar-refractivity contribution in [3.8, 4) is 0 Å². The number of nitrogen functional groups attached to an aromatic ring is 1. The molecule has 0 aromatic heterocycles. The number of nitrogens with zero attached hydrogens (tertiary/aromatic N) is 2. The Kier molecular flexibility index (Phi) is 3.52. The molecule has 1 aliphatic rings. The van der Waals surface area contributed by atoms with Crippen molar-refractivity contribution in [2.75, 3.05) is 31.6 Å². The van der Waals surface area contributed by atoms with Gasteiger partial charge in [-0.05, 0) is 32.2 Å². The summed E-state index contributed by atoms with van der Waals surface area (Å²) in [6.45, 7) is 4.84. The maximum atomic E-state index is 13.2. The topological polar surface area (TPSA) is 56.4 Å². The molecule has 0 bridgehead atoms. The van der Waals surface area contributed by atoms with Crippen LogP contribution < -0.4 is 10.6 Å². The third-order valence-electron chi connectivity index (χ3n) is 3.55. The van der Waals surface area contributed by atoms with Gasteiger partial charge in [0.15, 0.2) is 0 Å². The Balaban J connectivity index is 2.30. The van der Waals surface area contributed by atoms with E-state index in [1.165, 1.54) is 12.1 Å². The number of halogens is 1. The first-order valence-electron chi connectivity index (χ1n) is 6.08. The van der Waals surface area contributed by atoms with E-state index in [0.29, 0.717) is 11.6 Å². The molecule has 1 saturated heterocycles. The van der Waals surface area contributed by atoms with Gasteiger partial charge >= 0.3 is 0 Å². The van der Waals surface area contributed by atoms with Gasteiger partial charge in [-0.15, -0.1) is 0 Å². The van der Waals surface area contributed by atoms with Crippen molar-refractivity contribution >= 4 is 11.5 Å². The lowest BCUT2D eigenvalue weighted by Gasteiger charge is -2.39. The summed E-state index contributed by atoms with van der Waals surface area (Å²) in [4.78, 5) is 4.45. The third-order valence-corrected chi connectivity index (χ3v) is 3.55. The van der Waals surface area contributed by atoms with Gasteiger partial charge in [-0.25, -0.2) is 4.39 Å². The second kappa shape index (κ2) is 4.94. The van der Waals surface area contributed by atoms with E-state index in [4.69, 9.17) is 11.1 Å². The lowest BCUT2D eigenvalue weighted by molar-refractivity contribution is 0.234. The van der Waals surface area contributed by atoms with Crippen LogP contribution in [0.25, 0.3) is 0 Å². The number of piperazine rings is 1. The van der Waals surface area contributed by atoms with Crippen molar-refractivity contribution in [1.82, 2.24) is 4.90 Å². The number of rotatable bonds is 2. The summed E-state index contributed by atoms with van der Waals surface area (Å²) in [6, 6.07) is 4.90. The van der Waals surface area contributed by atoms with Crippen molar-refractivity contribution in [2.45, 2.75) is 13.0 Å². The normalized spacial score (nSPS) is 21.1. The van der Waals surface area contributed by atoms with Gasteiger partial charge in [0.1, 0.15) is 11.7 Å². The molecule has 0 spiro atoms. The molecule has 1 aromatic rings. The molecule has 2 rings (SSSR count). The first-order chi connectivity index (χ1) is 8.49. The highest BCUT2D eigenvalue weighted by Gasteiger charge is 2.23. The zero-order chi connectivity index (χ0) is 13.3. The second-order valence-corrected chi connectivity index (χ2v) is 4.85. The number of amidine groups is 1. The van der Waals surface area contributed by atoms with Gasteiger partial charge in [0, 0.05) is 36.9 Å². The Hall–Kier alpha value is -1.62. The van der Waals surface area contributed by atoms with E-state index >= 15 is 0 Å². The molecule has 98 valence electrons. The van der Waals surface area contributed by atoms with Crippen LogP contribution in [0.1, 0.15) is 12.5 Å². The van der Waals surface area contributed by atoms with E-state index in [2.05, 4.69) is 23.8 Å². The molecule has 0 amide bonds. The van der Waals surface area contributed by atoms with Gasteiger partial charge in [0.25, 0.3) is 0 Å². The maximum Gasteiger partial charge on any atom is 0.125 e. The largest absolute Gasteiger partial charge is 0.384 e. The van der Waals surface area contributed by atoms with Gasteiger partial charge in [-0.3, -0.25) is 5.41 Å². The molecular weight excluding hydrogens is 231 g/mol. The highest BCUT2D eigenvalue weighted by molar-refractivity contribution is 6.00. The van der Waals surface area contributed by atoms with Crippen molar-refractivity contribution < 1.29 is 4.39 Å². The van der Waals surface area contributed by atoms with Crippen LogP contribution in [0.4, 0.5) is 10.1 Å². The number of likely N-dealkylation sites (N-methyl/N-ethyl adjacent to an activating group) is 1. The Labute approximate surface area is 107 Å². The quantitative estimate of drug-likeness (QED) is 0.613. The van der Waals surface area contributed by atoms with Crippen LogP contribution in [-0.4, -0.2) is 43.5 Å². The van der Waals surface area contributed by atoms with Crippen LogP contribution in [0, 0.1) is 11.2 Å². The van der Waals surface area contributed by atoms with E-state index in [0.717, 1.165) is 25.3 Å². The van der Waals surface area contributed by atoms with Crippen molar-refractivity contribution in [3.05, 3.63) is 29.6 Å². The summed E-state index contributed by atoms with van der Waals surface area (Å²) in [5.41, 5.74) is 6.86. The zero-order valence-electron chi connectivity index (χ0n) is 10.8. The van der Waals surface area contributed by atoms with E-state index in [1.54, 1.807) is 6.07 Å². The van der Waals surface area contributed by atoms with Crippen LogP contribution in [0.15, 0.2) is 18.2 Å². The second-order valence-electron chi connectivity index (χ2n) is 4.85. The van der Waals surface area contributed by atoms with Crippen LogP contribution >= 0.6 is 0 Å². The molecule has 18 heavy (non-hydrogen) atoms. The van der Waals surface area contributed by atoms with Gasteiger partial charge in [-0.2, -0.15) is 0 Å². The molecule has 0 aliphatic carbocycles. The number of anilines is 1. The molecule has 1 aliphatic heterocycles. The smallest absolute Gasteiger partial charge is 0.125 e. The first-order valence-corrected chi connectivity index (χ1v) is 6.08. The molecular formula is C13H19FN4. The summed E-state index contributed by atoms with van der Waals surface area (Å²) in [7, 11) is 2.10. The minimum atomic E-state index is -0.355. The Morgan fingerprint density at radius 2 is 2.17 bits per heavy atom. The van der Waals surface area contributed by atoms with Crippen molar-refractivity contribution in [2.24, 2.45) is 5.73 Å². The standard InChI is InChI=1S/C13H19FN4/c1-9-8-18(6-5-17(9)2)12-4-3-10(14)7-11(12)13(15)16/h3-4,7,9H,5-6,8H2,1-2H3,(H3,15,16). The highest BCUT2D eigenvalue weighted by atomic mass is 19.1. The minimum Gasteiger partial charge on any atom is -0.384 e.